The van der Waals surface area contributed by atoms with Crippen molar-refractivity contribution in [3.63, 3.8) is 0 Å². The molecule has 0 spiro atoms. The van der Waals surface area contributed by atoms with Crippen LogP contribution in [-0.2, 0) is 6.42 Å². The molecule has 3 rings (SSSR count). The summed E-state index contributed by atoms with van der Waals surface area (Å²) >= 11 is 3.45. The number of piperidine rings is 1. The van der Waals surface area contributed by atoms with Gasteiger partial charge in [0.05, 0.1) is 0 Å². The van der Waals surface area contributed by atoms with Gasteiger partial charge in [0.2, 0.25) is 0 Å². The van der Waals surface area contributed by atoms with Crippen LogP contribution in [0, 0.1) is 17.7 Å². The van der Waals surface area contributed by atoms with Crippen LogP contribution in [0.25, 0.3) is 0 Å². The van der Waals surface area contributed by atoms with Gasteiger partial charge in [-0.2, -0.15) is 0 Å². The second kappa shape index (κ2) is 18.2. The molecular weight excluding hydrogens is 555 g/mol. The molecule has 0 radical (unpaired) electrons. The van der Waals surface area contributed by atoms with Crippen molar-refractivity contribution in [2.75, 3.05) is 26.2 Å². The average Bonchev–Trinajstić information content (AvgIpc) is 2.86. The van der Waals surface area contributed by atoms with E-state index in [0.717, 1.165) is 48.4 Å². The molecular formula is C32H48BrFN4O. The number of allylic oxidation sites excluding steroid dienone is 5. The molecule has 5 nitrogen and oxygen atoms in total. The topological polar surface area (TPSA) is 70.7 Å². The quantitative estimate of drug-likeness (QED) is 0.156. The average molecular weight is 604 g/mol. The van der Waals surface area contributed by atoms with Gasteiger partial charge < -0.3 is 10.6 Å². The highest BCUT2D eigenvalue weighted by Gasteiger charge is 2.20. The number of hydrogen-bond acceptors (Lipinski definition) is 3. The molecule has 216 valence electrons. The van der Waals surface area contributed by atoms with Crippen molar-refractivity contribution in [3.8, 4) is 0 Å². The Hall–Kier alpha value is -2.25. The van der Waals surface area contributed by atoms with Crippen LogP contribution < -0.4 is 11.1 Å². The number of aliphatic imine (C=N–C) groups is 1. The van der Waals surface area contributed by atoms with E-state index in [2.05, 4.69) is 51.6 Å². The van der Waals surface area contributed by atoms with E-state index in [4.69, 9.17) is 5.73 Å². The normalized spacial score (nSPS) is 17.8. The van der Waals surface area contributed by atoms with Gasteiger partial charge in [0.1, 0.15) is 5.82 Å². The minimum atomic E-state index is -0.444. The highest BCUT2D eigenvalue weighted by molar-refractivity contribution is 9.11. The molecule has 2 aliphatic rings. The summed E-state index contributed by atoms with van der Waals surface area (Å²) in [7, 11) is 0. The SMILES string of the molecule is C1CCC1.C=C(/C=C(Br)\C=C/C)CCc1c(F)cccc1C(=O)NC(N)=NCC1CCN(CC(C)CC)CC1. The van der Waals surface area contributed by atoms with Gasteiger partial charge in [0, 0.05) is 28.7 Å². The Labute approximate surface area is 244 Å². The second-order valence-corrected chi connectivity index (χ2v) is 11.7. The Kier molecular flexibility index (Phi) is 15.4. The third kappa shape index (κ3) is 12.6. The van der Waals surface area contributed by atoms with E-state index in [1.165, 1.54) is 44.2 Å². The van der Waals surface area contributed by atoms with Gasteiger partial charge in [-0.3, -0.25) is 15.1 Å². The Bertz CT molecular complexity index is 1000. The highest BCUT2D eigenvalue weighted by Crippen LogP contribution is 2.21. The second-order valence-electron chi connectivity index (χ2n) is 10.8. The van der Waals surface area contributed by atoms with Crippen molar-refractivity contribution >= 4 is 27.8 Å². The van der Waals surface area contributed by atoms with Crippen molar-refractivity contribution in [2.24, 2.45) is 22.6 Å². The van der Waals surface area contributed by atoms with Gasteiger partial charge >= 0.3 is 0 Å². The molecule has 1 unspecified atom stereocenters. The molecule has 3 N–H and O–H groups in total. The van der Waals surface area contributed by atoms with Crippen LogP contribution in [-0.4, -0.2) is 42.9 Å². The van der Waals surface area contributed by atoms with Crippen LogP contribution in [0.2, 0.25) is 0 Å². The molecule has 1 heterocycles. The lowest BCUT2D eigenvalue weighted by atomic mass is 9.96. The number of amides is 1. The van der Waals surface area contributed by atoms with Crippen LogP contribution in [0.4, 0.5) is 4.39 Å². The van der Waals surface area contributed by atoms with Gasteiger partial charge in [-0.1, -0.05) is 92.3 Å². The van der Waals surface area contributed by atoms with Crippen molar-refractivity contribution in [1.82, 2.24) is 10.2 Å². The molecule has 1 aliphatic heterocycles. The summed E-state index contributed by atoms with van der Waals surface area (Å²) in [5.74, 6) is 0.402. The zero-order valence-corrected chi connectivity index (χ0v) is 25.7. The van der Waals surface area contributed by atoms with E-state index in [-0.39, 0.29) is 11.5 Å². The molecule has 7 heteroatoms. The summed E-state index contributed by atoms with van der Waals surface area (Å²) < 4.78 is 15.5. The lowest BCUT2D eigenvalue weighted by Gasteiger charge is -2.32. The predicted octanol–water partition coefficient (Wildman–Crippen LogP) is 7.53. The van der Waals surface area contributed by atoms with Crippen LogP contribution in [0.15, 0.2) is 58.1 Å². The summed E-state index contributed by atoms with van der Waals surface area (Å²) in [6.45, 7) is 14.4. The molecule has 1 aliphatic carbocycles. The molecule has 1 saturated heterocycles. The number of halogens is 2. The number of benzene rings is 1. The van der Waals surface area contributed by atoms with Crippen LogP contribution in [0.1, 0.15) is 88.1 Å². The van der Waals surface area contributed by atoms with Gasteiger partial charge in [0.25, 0.3) is 5.91 Å². The van der Waals surface area contributed by atoms with E-state index >= 15 is 0 Å². The fourth-order valence-corrected chi connectivity index (χ4v) is 5.00. The number of carbonyl (C=O) groups is 1. The van der Waals surface area contributed by atoms with Gasteiger partial charge in [-0.15, -0.1) is 0 Å². The minimum absolute atomic E-state index is 0.0786. The van der Waals surface area contributed by atoms with Gasteiger partial charge in [-0.05, 0) is 75.7 Å². The summed E-state index contributed by atoms with van der Waals surface area (Å²) in [6.07, 6.45) is 15.9. The number of guanidine groups is 1. The molecule has 0 aromatic heterocycles. The Balaban J connectivity index is 0.00000122. The van der Waals surface area contributed by atoms with Gasteiger partial charge in [0.15, 0.2) is 5.96 Å². The summed E-state index contributed by atoms with van der Waals surface area (Å²) in [6, 6.07) is 4.51. The van der Waals surface area contributed by atoms with Crippen molar-refractivity contribution in [3.05, 3.63) is 70.0 Å². The van der Waals surface area contributed by atoms with E-state index in [9.17, 15) is 9.18 Å². The molecule has 2 fully saturated rings. The molecule has 1 aromatic carbocycles. The molecule has 1 aromatic rings. The molecule has 39 heavy (non-hydrogen) atoms. The number of nitrogens with two attached hydrogens (primary N) is 1. The maximum atomic E-state index is 14.6. The fourth-order valence-electron chi connectivity index (χ4n) is 4.41. The Morgan fingerprint density at radius 2 is 1.95 bits per heavy atom. The van der Waals surface area contributed by atoms with E-state index < -0.39 is 11.7 Å². The number of nitrogens with one attached hydrogen (secondary N) is 1. The Morgan fingerprint density at radius 3 is 2.54 bits per heavy atom. The molecule has 1 atom stereocenters. The largest absolute Gasteiger partial charge is 0.370 e. The minimum Gasteiger partial charge on any atom is -0.370 e. The van der Waals surface area contributed by atoms with Crippen molar-refractivity contribution in [1.29, 1.82) is 0 Å². The lowest BCUT2D eigenvalue weighted by Crippen LogP contribution is -2.39. The molecule has 1 saturated carbocycles. The van der Waals surface area contributed by atoms with Gasteiger partial charge in [-0.25, -0.2) is 4.39 Å². The zero-order valence-electron chi connectivity index (χ0n) is 24.2. The third-order valence-electron chi connectivity index (χ3n) is 7.46. The number of rotatable bonds is 11. The third-order valence-corrected chi connectivity index (χ3v) is 7.96. The zero-order chi connectivity index (χ0) is 28.6. The van der Waals surface area contributed by atoms with Crippen LogP contribution >= 0.6 is 15.9 Å². The number of nitrogens with zero attached hydrogens (tertiary/aromatic N) is 2. The number of likely N-dealkylation sites (tertiary alicyclic amines) is 1. The lowest BCUT2D eigenvalue weighted by molar-refractivity contribution is 0.0975. The first kappa shape index (κ1) is 33.0. The monoisotopic (exact) mass is 602 g/mol. The van der Waals surface area contributed by atoms with Crippen LogP contribution in [0.5, 0.6) is 0 Å². The van der Waals surface area contributed by atoms with E-state index in [0.29, 0.717) is 30.9 Å². The molecule has 0 bridgehead atoms. The summed E-state index contributed by atoms with van der Waals surface area (Å²) in [4.78, 5) is 19.8. The summed E-state index contributed by atoms with van der Waals surface area (Å²) in [5.41, 5.74) is 7.47. The van der Waals surface area contributed by atoms with E-state index in [1.54, 1.807) is 6.07 Å². The number of hydrogen-bond donors (Lipinski definition) is 2. The smallest absolute Gasteiger partial charge is 0.258 e. The maximum absolute atomic E-state index is 14.6. The van der Waals surface area contributed by atoms with Crippen LogP contribution in [0.3, 0.4) is 0 Å². The first-order valence-corrected chi connectivity index (χ1v) is 15.3. The summed E-state index contributed by atoms with van der Waals surface area (Å²) in [5, 5.41) is 2.64. The first-order valence-electron chi connectivity index (χ1n) is 14.5. The van der Waals surface area contributed by atoms with E-state index in [1.807, 2.05) is 25.2 Å². The Morgan fingerprint density at radius 1 is 1.28 bits per heavy atom. The van der Waals surface area contributed by atoms with Crippen molar-refractivity contribution < 1.29 is 9.18 Å². The highest BCUT2D eigenvalue weighted by atomic mass is 79.9. The van der Waals surface area contributed by atoms with Crippen molar-refractivity contribution in [2.45, 2.75) is 78.6 Å². The fraction of sp³-hybridized carbons (Fsp3) is 0.562. The first-order chi connectivity index (χ1) is 18.7. The predicted molar refractivity (Wildman–Crippen MR) is 167 cm³/mol. The standard InChI is InChI=1S/C28H40BrFN4O.C4H8/c1-5-8-23(29)17-21(4)11-12-24-25(9-7-10-26(24)30)27(35)33-28(31)32-18-22-13-15-34(16-14-22)19-20(3)6-2;1-2-4-3-1/h5,7-10,17,20,22H,4,6,11-16,18-19H2,1-3H3,(H3,31,32,33,35);1-4H2/b8-5-,23-17+;. The maximum Gasteiger partial charge on any atom is 0.258 e. The number of carbonyl (C=O) groups excluding carboxylic acids is 1. The molecule has 1 amide bonds.